The summed E-state index contributed by atoms with van der Waals surface area (Å²) in [7, 11) is 0. The lowest BCUT2D eigenvalue weighted by atomic mass is 9.85. The van der Waals surface area contributed by atoms with Gasteiger partial charge in [-0.25, -0.2) is 0 Å². The molecule has 0 bridgehead atoms. The first-order chi connectivity index (χ1) is 9.66. The van der Waals surface area contributed by atoms with E-state index < -0.39 is 0 Å². The van der Waals surface area contributed by atoms with Crippen LogP contribution in [0.3, 0.4) is 0 Å². The Morgan fingerprint density at radius 1 is 0.950 bits per heavy atom. The summed E-state index contributed by atoms with van der Waals surface area (Å²) >= 11 is 0. The van der Waals surface area contributed by atoms with Gasteiger partial charge in [-0.15, -0.1) is 0 Å². The SMILES string of the molecule is CC1(C)CCCC(NCCCOC2CCCCC2)CC1. The normalized spacial score (nSPS) is 28.2. The molecule has 1 unspecified atom stereocenters. The molecule has 2 heteroatoms. The standard InChI is InChI=1S/C18H35NO/c1-18(2)12-6-8-16(11-13-18)19-14-7-15-20-17-9-4-3-5-10-17/h16-17,19H,3-15H2,1-2H3. The Labute approximate surface area is 126 Å². The number of hydrogen-bond acceptors (Lipinski definition) is 2. The summed E-state index contributed by atoms with van der Waals surface area (Å²) in [4.78, 5) is 0. The predicted molar refractivity (Wildman–Crippen MR) is 86.1 cm³/mol. The van der Waals surface area contributed by atoms with E-state index in [9.17, 15) is 0 Å². The lowest BCUT2D eigenvalue weighted by Gasteiger charge is -2.23. The maximum absolute atomic E-state index is 5.99. The first-order valence-electron chi connectivity index (χ1n) is 9.01. The van der Waals surface area contributed by atoms with E-state index in [2.05, 4.69) is 19.2 Å². The Morgan fingerprint density at radius 2 is 1.75 bits per heavy atom. The van der Waals surface area contributed by atoms with Gasteiger partial charge in [-0.1, -0.05) is 39.5 Å². The zero-order valence-corrected chi connectivity index (χ0v) is 13.8. The highest BCUT2D eigenvalue weighted by Gasteiger charge is 2.23. The van der Waals surface area contributed by atoms with Crippen molar-refractivity contribution in [2.45, 2.75) is 96.6 Å². The molecular formula is C18H35NO. The number of hydrogen-bond donors (Lipinski definition) is 1. The van der Waals surface area contributed by atoms with Gasteiger partial charge in [0.15, 0.2) is 0 Å². The molecule has 0 radical (unpaired) electrons. The zero-order chi connectivity index (χ0) is 14.3. The average molecular weight is 281 g/mol. The molecule has 0 heterocycles. The zero-order valence-electron chi connectivity index (χ0n) is 13.8. The molecule has 0 aliphatic heterocycles. The van der Waals surface area contributed by atoms with E-state index >= 15 is 0 Å². The van der Waals surface area contributed by atoms with E-state index in [1.54, 1.807) is 0 Å². The van der Waals surface area contributed by atoms with Gasteiger partial charge in [0.05, 0.1) is 6.10 Å². The highest BCUT2D eigenvalue weighted by molar-refractivity contribution is 4.79. The average Bonchev–Trinajstić information content (AvgIpc) is 2.61. The smallest absolute Gasteiger partial charge is 0.0575 e. The van der Waals surface area contributed by atoms with Crippen LogP contribution in [0.1, 0.15) is 84.5 Å². The van der Waals surface area contributed by atoms with Crippen molar-refractivity contribution < 1.29 is 4.74 Å². The minimum absolute atomic E-state index is 0.570. The van der Waals surface area contributed by atoms with Crippen molar-refractivity contribution in [1.29, 1.82) is 0 Å². The van der Waals surface area contributed by atoms with Crippen molar-refractivity contribution in [3.8, 4) is 0 Å². The van der Waals surface area contributed by atoms with E-state index in [4.69, 9.17) is 4.74 Å². The van der Waals surface area contributed by atoms with Crippen LogP contribution in [-0.2, 0) is 4.74 Å². The van der Waals surface area contributed by atoms with Gasteiger partial charge in [0, 0.05) is 12.6 Å². The Balaban J connectivity index is 1.50. The van der Waals surface area contributed by atoms with E-state index in [-0.39, 0.29) is 0 Å². The molecule has 118 valence electrons. The number of nitrogens with one attached hydrogen (secondary N) is 1. The molecule has 1 N–H and O–H groups in total. The molecule has 2 aliphatic carbocycles. The van der Waals surface area contributed by atoms with Gasteiger partial charge in [-0.2, -0.15) is 0 Å². The summed E-state index contributed by atoms with van der Waals surface area (Å²) < 4.78 is 5.99. The number of ether oxygens (including phenoxy) is 1. The first kappa shape index (κ1) is 16.3. The van der Waals surface area contributed by atoms with E-state index in [0.29, 0.717) is 11.5 Å². The minimum Gasteiger partial charge on any atom is -0.378 e. The third-order valence-electron chi connectivity index (χ3n) is 5.24. The van der Waals surface area contributed by atoms with Crippen LogP contribution < -0.4 is 5.32 Å². The third-order valence-corrected chi connectivity index (χ3v) is 5.24. The minimum atomic E-state index is 0.570. The second kappa shape index (κ2) is 8.38. The second-order valence-electron chi connectivity index (χ2n) is 7.73. The molecule has 0 saturated heterocycles. The van der Waals surface area contributed by atoms with Crippen LogP contribution in [0, 0.1) is 5.41 Å². The van der Waals surface area contributed by atoms with Gasteiger partial charge in [-0.05, 0) is 56.9 Å². The fourth-order valence-electron chi connectivity index (χ4n) is 3.73. The van der Waals surface area contributed by atoms with Gasteiger partial charge in [0.25, 0.3) is 0 Å². The maximum Gasteiger partial charge on any atom is 0.0575 e. The summed E-state index contributed by atoms with van der Waals surface area (Å²) in [5.41, 5.74) is 0.570. The molecule has 0 aromatic heterocycles. The first-order valence-corrected chi connectivity index (χ1v) is 9.01. The van der Waals surface area contributed by atoms with E-state index in [0.717, 1.165) is 19.2 Å². The molecule has 2 rings (SSSR count). The Morgan fingerprint density at radius 3 is 2.55 bits per heavy atom. The summed E-state index contributed by atoms with van der Waals surface area (Å²) in [6.07, 6.45) is 15.4. The Kier molecular flexibility index (Phi) is 6.83. The molecule has 2 nitrogen and oxygen atoms in total. The molecule has 2 aliphatic rings. The van der Waals surface area contributed by atoms with Crippen LogP contribution in [-0.4, -0.2) is 25.3 Å². The van der Waals surface area contributed by atoms with Gasteiger partial charge >= 0.3 is 0 Å². The Hall–Kier alpha value is -0.0800. The third kappa shape index (κ3) is 6.13. The van der Waals surface area contributed by atoms with Gasteiger partial charge < -0.3 is 10.1 Å². The molecule has 0 spiro atoms. The van der Waals surface area contributed by atoms with Crippen molar-refractivity contribution >= 4 is 0 Å². The predicted octanol–water partition coefficient (Wildman–Crippen LogP) is 4.67. The van der Waals surface area contributed by atoms with Gasteiger partial charge in [0.1, 0.15) is 0 Å². The fraction of sp³-hybridized carbons (Fsp3) is 1.00. The van der Waals surface area contributed by atoms with Crippen LogP contribution >= 0.6 is 0 Å². The van der Waals surface area contributed by atoms with Crippen LogP contribution in [0.4, 0.5) is 0 Å². The van der Waals surface area contributed by atoms with Crippen molar-refractivity contribution in [3.63, 3.8) is 0 Å². The van der Waals surface area contributed by atoms with Crippen molar-refractivity contribution in [2.75, 3.05) is 13.2 Å². The van der Waals surface area contributed by atoms with Crippen molar-refractivity contribution in [3.05, 3.63) is 0 Å². The number of rotatable bonds is 6. The molecule has 2 saturated carbocycles. The fourth-order valence-corrected chi connectivity index (χ4v) is 3.73. The monoisotopic (exact) mass is 281 g/mol. The van der Waals surface area contributed by atoms with Gasteiger partial charge in [-0.3, -0.25) is 0 Å². The van der Waals surface area contributed by atoms with Crippen molar-refractivity contribution in [1.82, 2.24) is 5.32 Å². The summed E-state index contributed by atoms with van der Waals surface area (Å²) in [6, 6.07) is 0.756. The van der Waals surface area contributed by atoms with Crippen LogP contribution in [0.25, 0.3) is 0 Å². The molecule has 0 amide bonds. The highest BCUT2D eigenvalue weighted by atomic mass is 16.5. The molecule has 0 aromatic rings. The topological polar surface area (TPSA) is 21.3 Å². The second-order valence-corrected chi connectivity index (χ2v) is 7.73. The van der Waals surface area contributed by atoms with Crippen molar-refractivity contribution in [2.24, 2.45) is 5.41 Å². The molecule has 0 aromatic carbocycles. The lowest BCUT2D eigenvalue weighted by Crippen LogP contribution is -2.30. The summed E-state index contributed by atoms with van der Waals surface area (Å²) in [6.45, 7) is 6.94. The maximum atomic E-state index is 5.99. The van der Waals surface area contributed by atoms with Crippen LogP contribution in [0.5, 0.6) is 0 Å². The summed E-state index contributed by atoms with van der Waals surface area (Å²) in [5, 5.41) is 3.76. The Bertz CT molecular complexity index is 258. The van der Waals surface area contributed by atoms with E-state index in [1.807, 2.05) is 0 Å². The molecule has 20 heavy (non-hydrogen) atoms. The highest BCUT2D eigenvalue weighted by Crippen LogP contribution is 2.33. The van der Waals surface area contributed by atoms with Crippen LogP contribution in [0.2, 0.25) is 0 Å². The van der Waals surface area contributed by atoms with E-state index in [1.165, 1.54) is 70.6 Å². The largest absolute Gasteiger partial charge is 0.378 e. The van der Waals surface area contributed by atoms with Gasteiger partial charge in [0.2, 0.25) is 0 Å². The quantitative estimate of drug-likeness (QED) is 0.564. The summed E-state index contributed by atoms with van der Waals surface area (Å²) in [5.74, 6) is 0. The lowest BCUT2D eigenvalue weighted by molar-refractivity contribution is 0.0270. The van der Waals surface area contributed by atoms with Crippen LogP contribution in [0.15, 0.2) is 0 Å². The molecular weight excluding hydrogens is 246 g/mol. The molecule has 1 atom stereocenters. The molecule has 2 fully saturated rings.